The summed E-state index contributed by atoms with van der Waals surface area (Å²) in [7, 11) is 2.01. The summed E-state index contributed by atoms with van der Waals surface area (Å²) in [6, 6.07) is 0. The van der Waals surface area contributed by atoms with Crippen molar-refractivity contribution in [2.24, 2.45) is 17.3 Å². The van der Waals surface area contributed by atoms with E-state index in [0.717, 1.165) is 17.5 Å². The Morgan fingerprint density at radius 3 is 3.00 bits per heavy atom. The number of fused-ring (bicyclic) bond motifs is 1. The molecule has 1 fully saturated rings. The highest BCUT2D eigenvalue weighted by Crippen LogP contribution is 2.59. The first-order valence-electron chi connectivity index (χ1n) is 8.48. The highest BCUT2D eigenvalue weighted by molar-refractivity contribution is 7.09. The van der Waals surface area contributed by atoms with Crippen LogP contribution < -0.4 is 0 Å². The maximum absolute atomic E-state index is 10.2. The number of aliphatic hydroxyl groups excluding tert-OH is 1. The van der Waals surface area contributed by atoms with Crippen molar-refractivity contribution < 1.29 is 9.84 Å². The molecule has 3 aliphatic carbocycles. The average Bonchev–Trinajstić information content (AvgIpc) is 2.99. The Balaban J connectivity index is 1.36. The number of ether oxygens (including phenoxy) is 1. The molecule has 1 aromatic heterocycles. The van der Waals surface area contributed by atoms with Crippen molar-refractivity contribution in [3.8, 4) is 0 Å². The number of nitrogens with zero attached hydrogens (tertiary/aromatic N) is 2. The van der Waals surface area contributed by atoms with Gasteiger partial charge in [-0.05, 0) is 42.7 Å². The molecule has 4 nitrogen and oxygen atoms in total. The monoisotopic (exact) mass is 336 g/mol. The molecule has 0 amide bonds. The van der Waals surface area contributed by atoms with E-state index in [0.29, 0.717) is 31.1 Å². The van der Waals surface area contributed by atoms with E-state index in [1.165, 1.54) is 18.4 Å². The molecule has 1 aromatic rings. The lowest BCUT2D eigenvalue weighted by Crippen LogP contribution is -2.48. The number of thiazole rings is 1. The summed E-state index contributed by atoms with van der Waals surface area (Å²) in [5, 5.41) is 13.2. The van der Waals surface area contributed by atoms with Crippen LogP contribution in [0.4, 0.5) is 0 Å². The summed E-state index contributed by atoms with van der Waals surface area (Å²) in [5.41, 5.74) is 1.89. The van der Waals surface area contributed by atoms with Gasteiger partial charge in [0, 0.05) is 18.1 Å². The number of hydrogen-bond acceptors (Lipinski definition) is 5. The van der Waals surface area contributed by atoms with Crippen LogP contribution >= 0.6 is 11.3 Å². The van der Waals surface area contributed by atoms with Gasteiger partial charge in [-0.15, -0.1) is 11.3 Å². The lowest BCUT2D eigenvalue weighted by atomic mass is 9.49. The summed E-state index contributed by atoms with van der Waals surface area (Å²) < 4.78 is 5.80. The van der Waals surface area contributed by atoms with Gasteiger partial charge in [0.2, 0.25) is 0 Å². The molecule has 4 rings (SSSR count). The minimum absolute atomic E-state index is 0.399. The van der Waals surface area contributed by atoms with Crippen LogP contribution in [-0.2, 0) is 11.3 Å². The summed E-state index contributed by atoms with van der Waals surface area (Å²) in [6.45, 7) is 7.21. The van der Waals surface area contributed by atoms with Crippen LogP contribution in [0.25, 0.3) is 0 Å². The maximum Gasteiger partial charge on any atom is 0.107 e. The predicted octanol–water partition coefficient (Wildman–Crippen LogP) is 2.94. The van der Waals surface area contributed by atoms with Crippen molar-refractivity contribution in [2.45, 2.75) is 39.3 Å². The zero-order valence-electron chi connectivity index (χ0n) is 14.4. The molecule has 0 aromatic carbocycles. The molecule has 1 saturated carbocycles. The molecule has 128 valence electrons. The number of rotatable bonds is 8. The highest BCUT2D eigenvalue weighted by Gasteiger charge is 2.50. The summed E-state index contributed by atoms with van der Waals surface area (Å²) in [5.74, 6) is 1.55. The van der Waals surface area contributed by atoms with Gasteiger partial charge in [-0.3, -0.25) is 4.90 Å². The Kier molecular flexibility index (Phi) is 5.21. The third kappa shape index (κ3) is 3.85. The van der Waals surface area contributed by atoms with Crippen molar-refractivity contribution >= 4 is 11.3 Å². The fourth-order valence-electron chi connectivity index (χ4n) is 3.99. The maximum atomic E-state index is 10.2. The minimum atomic E-state index is -0.452. The fourth-order valence-corrected chi connectivity index (χ4v) is 4.69. The molecular formula is C18H28N2O2S. The van der Waals surface area contributed by atoms with Gasteiger partial charge in [-0.25, -0.2) is 4.98 Å². The SMILES string of the molecule is CN(Cc1nccs1)CC(O)COCC1=CCC2CC1C2(C)C. The van der Waals surface area contributed by atoms with E-state index in [1.807, 2.05) is 18.6 Å². The van der Waals surface area contributed by atoms with Crippen molar-refractivity contribution in [3.05, 3.63) is 28.2 Å². The molecule has 0 spiro atoms. The first kappa shape index (κ1) is 17.1. The van der Waals surface area contributed by atoms with Gasteiger partial charge in [-0.2, -0.15) is 0 Å². The van der Waals surface area contributed by atoms with E-state index in [-0.39, 0.29) is 0 Å². The van der Waals surface area contributed by atoms with E-state index in [4.69, 9.17) is 4.74 Å². The first-order valence-corrected chi connectivity index (χ1v) is 9.36. The zero-order chi connectivity index (χ0) is 16.4. The number of hydrogen-bond donors (Lipinski definition) is 1. The number of aromatic nitrogens is 1. The van der Waals surface area contributed by atoms with Gasteiger partial charge in [-0.1, -0.05) is 19.9 Å². The zero-order valence-corrected chi connectivity index (χ0v) is 15.2. The quantitative estimate of drug-likeness (QED) is 0.742. The molecule has 3 atom stereocenters. The lowest BCUT2D eigenvalue weighted by molar-refractivity contribution is -0.0257. The topological polar surface area (TPSA) is 45.6 Å². The van der Waals surface area contributed by atoms with Crippen molar-refractivity contribution in [1.82, 2.24) is 9.88 Å². The molecule has 23 heavy (non-hydrogen) atoms. The molecule has 1 N–H and O–H groups in total. The third-order valence-corrected chi connectivity index (χ3v) is 6.34. The van der Waals surface area contributed by atoms with Crippen molar-refractivity contribution in [2.75, 3.05) is 26.8 Å². The molecule has 5 heteroatoms. The number of aliphatic hydroxyl groups is 1. The van der Waals surface area contributed by atoms with Crippen LogP contribution in [0, 0.1) is 17.3 Å². The van der Waals surface area contributed by atoms with E-state index in [9.17, 15) is 5.11 Å². The average molecular weight is 337 g/mol. The van der Waals surface area contributed by atoms with Crippen molar-refractivity contribution in [1.29, 1.82) is 0 Å². The molecule has 0 saturated heterocycles. The second kappa shape index (κ2) is 7.01. The Labute approximate surface area is 143 Å². The van der Waals surface area contributed by atoms with Gasteiger partial charge < -0.3 is 9.84 Å². The summed E-state index contributed by atoms with van der Waals surface area (Å²) in [4.78, 5) is 6.36. The van der Waals surface area contributed by atoms with Gasteiger partial charge in [0.15, 0.2) is 0 Å². The summed E-state index contributed by atoms with van der Waals surface area (Å²) >= 11 is 1.65. The smallest absolute Gasteiger partial charge is 0.107 e. The van der Waals surface area contributed by atoms with E-state index >= 15 is 0 Å². The van der Waals surface area contributed by atoms with Crippen LogP contribution in [0.1, 0.15) is 31.7 Å². The van der Waals surface area contributed by atoms with E-state index in [1.54, 1.807) is 11.3 Å². The normalized spacial score (nSPS) is 26.7. The van der Waals surface area contributed by atoms with Gasteiger partial charge >= 0.3 is 0 Å². The first-order chi connectivity index (χ1) is 11.0. The fraction of sp³-hybridized carbons (Fsp3) is 0.722. The number of allylic oxidation sites excluding steroid dienone is 1. The standard InChI is InChI=1S/C18H28N2O2S/c1-18(2)14-5-4-13(16(18)8-14)11-22-12-15(21)9-20(3)10-17-19-6-7-23-17/h4,6-7,14-16,21H,5,8-12H2,1-3H3. The molecule has 3 unspecified atom stereocenters. The largest absolute Gasteiger partial charge is 0.389 e. The molecule has 2 bridgehead atoms. The highest BCUT2D eigenvalue weighted by atomic mass is 32.1. The van der Waals surface area contributed by atoms with Crippen LogP contribution in [0.15, 0.2) is 23.2 Å². The Hall–Kier alpha value is -0.750. The van der Waals surface area contributed by atoms with Crippen LogP contribution in [0.3, 0.4) is 0 Å². The van der Waals surface area contributed by atoms with Crippen LogP contribution in [0.2, 0.25) is 0 Å². The van der Waals surface area contributed by atoms with Crippen LogP contribution in [-0.4, -0.2) is 47.9 Å². The van der Waals surface area contributed by atoms with Crippen LogP contribution in [0.5, 0.6) is 0 Å². The molecule has 0 radical (unpaired) electrons. The van der Waals surface area contributed by atoms with Gasteiger partial charge in [0.25, 0.3) is 0 Å². The van der Waals surface area contributed by atoms with E-state index < -0.39 is 6.10 Å². The van der Waals surface area contributed by atoms with E-state index in [2.05, 4.69) is 29.8 Å². The van der Waals surface area contributed by atoms with Gasteiger partial charge in [0.1, 0.15) is 5.01 Å². The van der Waals surface area contributed by atoms with Crippen molar-refractivity contribution in [3.63, 3.8) is 0 Å². The second-order valence-corrected chi connectivity index (χ2v) is 8.59. The Morgan fingerprint density at radius 2 is 2.35 bits per heavy atom. The Bertz CT molecular complexity index is 541. The minimum Gasteiger partial charge on any atom is -0.389 e. The molecule has 0 aliphatic heterocycles. The Morgan fingerprint density at radius 1 is 1.52 bits per heavy atom. The molecule has 3 aliphatic rings. The third-order valence-electron chi connectivity index (χ3n) is 5.57. The lowest BCUT2D eigenvalue weighted by Gasteiger charge is -2.56. The summed E-state index contributed by atoms with van der Waals surface area (Å²) in [6.07, 6.45) is 6.25. The number of likely N-dealkylation sites (N-methyl/N-ethyl adjacent to an activating group) is 1. The molecule has 1 heterocycles. The second-order valence-electron chi connectivity index (χ2n) is 7.61. The predicted molar refractivity (Wildman–Crippen MR) is 93.4 cm³/mol. The molecular weight excluding hydrogens is 308 g/mol. The van der Waals surface area contributed by atoms with Gasteiger partial charge in [0.05, 0.1) is 25.9 Å².